The first kappa shape index (κ1) is 13.5. The zero-order valence-corrected chi connectivity index (χ0v) is 11.2. The highest BCUT2D eigenvalue weighted by molar-refractivity contribution is 5.21. The highest BCUT2D eigenvalue weighted by atomic mass is 16.3. The molecule has 0 bridgehead atoms. The van der Waals surface area contributed by atoms with Crippen LogP contribution >= 0.6 is 0 Å². The normalized spacial score (nSPS) is 19.9. The molecule has 18 heavy (non-hydrogen) atoms. The lowest BCUT2D eigenvalue weighted by Gasteiger charge is -2.34. The topological polar surface area (TPSA) is 49.5 Å². The second kappa shape index (κ2) is 6.32. The molecule has 2 rings (SSSR count). The lowest BCUT2D eigenvalue weighted by molar-refractivity contribution is 0.136. The average Bonchev–Trinajstić information content (AvgIpc) is 2.41. The molecule has 0 amide bonds. The Morgan fingerprint density at radius 2 is 1.89 bits per heavy atom. The number of aryl methyl sites for hydroxylation is 1. The molecule has 0 spiro atoms. The van der Waals surface area contributed by atoms with Crippen molar-refractivity contribution in [3.8, 4) is 0 Å². The number of nitrogens with two attached hydrogens (primary N) is 1. The standard InChI is InChI=1S/C15H24N2O/c1-12-2-4-13(5-3-12)10-17-8-6-14(7-9-17)15(16)11-18/h2-5,14-15,18H,6-11,16H2,1H3. The molecule has 100 valence electrons. The van der Waals surface area contributed by atoms with Crippen LogP contribution in [0.3, 0.4) is 0 Å². The minimum absolute atomic E-state index is 0.0356. The highest BCUT2D eigenvalue weighted by Crippen LogP contribution is 2.21. The fraction of sp³-hybridized carbons (Fsp3) is 0.600. The van der Waals surface area contributed by atoms with E-state index in [9.17, 15) is 0 Å². The predicted octanol–water partition coefficient (Wildman–Crippen LogP) is 1.53. The van der Waals surface area contributed by atoms with Gasteiger partial charge >= 0.3 is 0 Å². The Balaban J connectivity index is 1.81. The van der Waals surface area contributed by atoms with Gasteiger partial charge in [0.05, 0.1) is 6.61 Å². The van der Waals surface area contributed by atoms with Gasteiger partial charge in [0.25, 0.3) is 0 Å². The number of aliphatic hydroxyl groups excluding tert-OH is 1. The van der Waals surface area contributed by atoms with Gasteiger partial charge in [-0.3, -0.25) is 4.90 Å². The molecule has 1 atom stereocenters. The van der Waals surface area contributed by atoms with Crippen LogP contribution in [0.4, 0.5) is 0 Å². The van der Waals surface area contributed by atoms with Crippen LogP contribution < -0.4 is 5.73 Å². The Morgan fingerprint density at radius 3 is 2.44 bits per heavy atom. The van der Waals surface area contributed by atoms with Crippen molar-refractivity contribution in [3.05, 3.63) is 35.4 Å². The molecule has 1 fully saturated rings. The Hall–Kier alpha value is -0.900. The fourth-order valence-electron chi connectivity index (χ4n) is 2.64. The summed E-state index contributed by atoms with van der Waals surface area (Å²) in [6, 6.07) is 8.72. The predicted molar refractivity (Wildman–Crippen MR) is 74.2 cm³/mol. The van der Waals surface area contributed by atoms with Crippen molar-refractivity contribution in [2.24, 2.45) is 11.7 Å². The highest BCUT2D eigenvalue weighted by Gasteiger charge is 2.23. The number of nitrogens with zero attached hydrogens (tertiary/aromatic N) is 1. The Kier molecular flexibility index (Phi) is 4.75. The molecule has 0 saturated carbocycles. The van der Waals surface area contributed by atoms with E-state index in [-0.39, 0.29) is 12.6 Å². The van der Waals surface area contributed by atoms with E-state index in [0.717, 1.165) is 32.5 Å². The zero-order chi connectivity index (χ0) is 13.0. The van der Waals surface area contributed by atoms with Gasteiger partial charge in [-0.1, -0.05) is 29.8 Å². The number of rotatable bonds is 4. The first-order valence-corrected chi connectivity index (χ1v) is 6.83. The molecule has 1 unspecified atom stereocenters. The zero-order valence-electron chi connectivity index (χ0n) is 11.2. The second-order valence-corrected chi connectivity index (χ2v) is 5.45. The first-order chi connectivity index (χ1) is 8.69. The Morgan fingerprint density at radius 1 is 1.28 bits per heavy atom. The molecule has 1 aliphatic rings. The van der Waals surface area contributed by atoms with Gasteiger partial charge in [0, 0.05) is 12.6 Å². The molecule has 3 heteroatoms. The number of hydrogen-bond donors (Lipinski definition) is 2. The molecule has 0 aromatic heterocycles. The molecule has 0 radical (unpaired) electrons. The maximum Gasteiger partial charge on any atom is 0.0585 e. The quantitative estimate of drug-likeness (QED) is 0.849. The molecule has 1 saturated heterocycles. The van der Waals surface area contributed by atoms with E-state index in [1.54, 1.807) is 0 Å². The molecule has 3 nitrogen and oxygen atoms in total. The lowest BCUT2D eigenvalue weighted by Crippen LogP contribution is -2.42. The number of benzene rings is 1. The smallest absolute Gasteiger partial charge is 0.0585 e. The molecule has 1 aliphatic heterocycles. The number of hydrogen-bond acceptors (Lipinski definition) is 3. The van der Waals surface area contributed by atoms with Crippen molar-refractivity contribution in [2.45, 2.75) is 32.4 Å². The van der Waals surface area contributed by atoms with Crippen molar-refractivity contribution < 1.29 is 5.11 Å². The van der Waals surface area contributed by atoms with Gasteiger partial charge < -0.3 is 10.8 Å². The van der Waals surface area contributed by atoms with Gasteiger partial charge in [-0.15, -0.1) is 0 Å². The summed E-state index contributed by atoms with van der Waals surface area (Å²) in [5, 5.41) is 9.08. The van der Waals surface area contributed by atoms with Crippen molar-refractivity contribution in [3.63, 3.8) is 0 Å². The lowest BCUT2D eigenvalue weighted by atomic mass is 9.90. The van der Waals surface area contributed by atoms with E-state index >= 15 is 0 Å². The fourth-order valence-corrected chi connectivity index (χ4v) is 2.64. The summed E-state index contributed by atoms with van der Waals surface area (Å²) in [5.41, 5.74) is 8.59. The summed E-state index contributed by atoms with van der Waals surface area (Å²) < 4.78 is 0. The number of piperidine rings is 1. The molecule has 3 N–H and O–H groups in total. The van der Waals surface area contributed by atoms with Gasteiger partial charge in [0.2, 0.25) is 0 Å². The molecular formula is C15H24N2O. The summed E-state index contributed by atoms with van der Waals surface area (Å²) in [5.74, 6) is 0.490. The third kappa shape index (κ3) is 3.55. The minimum atomic E-state index is -0.0356. The minimum Gasteiger partial charge on any atom is -0.395 e. The van der Waals surface area contributed by atoms with Crippen LogP contribution in [-0.4, -0.2) is 35.7 Å². The van der Waals surface area contributed by atoms with E-state index in [1.807, 2.05) is 0 Å². The van der Waals surface area contributed by atoms with Gasteiger partial charge in [0.15, 0.2) is 0 Å². The van der Waals surface area contributed by atoms with E-state index in [0.29, 0.717) is 5.92 Å². The maximum absolute atomic E-state index is 9.08. The van der Waals surface area contributed by atoms with Gasteiger partial charge in [-0.25, -0.2) is 0 Å². The van der Waals surface area contributed by atoms with Crippen molar-refractivity contribution >= 4 is 0 Å². The van der Waals surface area contributed by atoms with Crippen LogP contribution in [-0.2, 0) is 6.54 Å². The van der Waals surface area contributed by atoms with E-state index in [2.05, 4.69) is 36.1 Å². The second-order valence-electron chi connectivity index (χ2n) is 5.45. The van der Waals surface area contributed by atoms with Gasteiger partial charge in [-0.2, -0.15) is 0 Å². The van der Waals surface area contributed by atoms with Gasteiger partial charge in [-0.05, 0) is 44.3 Å². The van der Waals surface area contributed by atoms with Crippen molar-refractivity contribution in [1.82, 2.24) is 4.90 Å². The van der Waals surface area contributed by atoms with E-state index < -0.39 is 0 Å². The van der Waals surface area contributed by atoms with Crippen LogP contribution in [0.15, 0.2) is 24.3 Å². The summed E-state index contributed by atoms with van der Waals surface area (Å²) in [7, 11) is 0. The first-order valence-electron chi connectivity index (χ1n) is 6.83. The van der Waals surface area contributed by atoms with Crippen LogP contribution in [0.1, 0.15) is 24.0 Å². The molecular weight excluding hydrogens is 224 g/mol. The molecule has 0 aliphatic carbocycles. The molecule has 1 aromatic rings. The summed E-state index contributed by atoms with van der Waals surface area (Å²) in [6.45, 7) is 5.44. The van der Waals surface area contributed by atoms with Crippen molar-refractivity contribution in [2.75, 3.05) is 19.7 Å². The van der Waals surface area contributed by atoms with Crippen LogP contribution in [0.25, 0.3) is 0 Å². The van der Waals surface area contributed by atoms with Crippen LogP contribution in [0.5, 0.6) is 0 Å². The Labute approximate surface area is 110 Å². The summed E-state index contributed by atoms with van der Waals surface area (Å²) in [6.07, 6.45) is 2.21. The molecule has 1 aromatic carbocycles. The van der Waals surface area contributed by atoms with Crippen LogP contribution in [0.2, 0.25) is 0 Å². The largest absolute Gasteiger partial charge is 0.395 e. The average molecular weight is 248 g/mol. The van der Waals surface area contributed by atoms with Gasteiger partial charge in [0.1, 0.15) is 0 Å². The van der Waals surface area contributed by atoms with Crippen molar-refractivity contribution in [1.29, 1.82) is 0 Å². The number of likely N-dealkylation sites (tertiary alicyclic amines) is 1. The van der Waals surface area contributed by atoms with E-state index in [1.165, 1.54) is 11.1 Å². The Bertz CT molecular complexity index is 355. The molecule has 1 heterocycles. The third-order valence-corrected chi connectivity index (χ3v) is 3.98. The number of aliphatic hydroxyl groups is 1. The van der Waals surface area contributed by atoms with E-state index in [4.69, 9.17) is 10.8 Å². The SMILES string of the molecule is Cc1ccc(CN2CCC(C(N)CO)CC2)cc1. The monoisotopic (exact) mass is 248 g/mol. The van der Waals surface area contributed by atoms with Crippen LogP contribution in [0, 0.1) is 12.8 Å². The summed E-state index contributed by atoms with van der Waals surface area (Å²) in [4.78, 5) is 2.48. The maximum atomic E-state index is 9.08. The summed E-state index contributed by atoms with van der Waals surface area (Å²) >= 11 is 0. The third-order valence-electron chi connectivity index (χ3n) is 3.98.